The number of likely N-dealkylation sites (N-methyl/N-ethyl adjacent to an activating group) is 1. The fraction of sp³-hybridized carbons (Fsp3) is 0.462. The molecular weight excluding hydrogens is 234 g/mol. The number of hydrogen-bond donors (Lipinski definition) is 1. The van der Waals surface area contributed by atoms with Crippen molar-refractivity contribution >= 4 is 5.97 Å². The lowest BCUT2D eigenvalue weighted by molar-refractivity contribution is -0.139. The minimum atomic E-state index is -0.879. The third-order valence-corrected chi connectivity index (χ3v) is 2.66. The summed E-state index contributed by atoms with van der Waals surface area (Å²) in [6.07, 6.45) is 0. The first kappa shape index (κ1) is 14.3. The van der Waals surface area contributed by atoms with Crippen molar-refractivity contribution in [1.82, 2.24) is 4.90 Å². The first-order valence-electron chi connectivity index (χ1n) is 5.59. The molecule has 18 heavy (non-hydrogen) atoms. The van der Waals surface area contributed by atoms with Crippen molar-refractivity contribution in [3.05, 3.63) is 23.8 Å². The monoisotopic (exact) mass is 253 g/mol. The predicted octanol–water partition coefficient (Wildman–Crippen LogP) is 1.43. The van der Waals surface area contributed by atoms with Crippen LogP contribution in [0.5, 0.6) is 11.5 Å². The minimum absolute atomic E-state index is 0.402. The molecule has 1 rings (SSSR count). The van der Waals surface area contributed by atoms with Gasteiger partial charge in [0.1, 0.15) is 11.5 Å². The number of carboxylic acid groups (broad SMARTS) is 1. The van der Waals surface area contributed by atoms with Gasteiger partial charge in [0.15, 0.2) is 0 Å². The highest BCUT2D eigenvalue weighted by Crippen LogP contribution is 2.31. The van der Waals surface area contributed by atoms with Crippen molar-refractivity contribution < 1.29 is 19.4 Å². The Morgan fingerprint density at radius 1 is 1.33 bits per heavy atom. The van der Waals surface area contributed by atoms with Gasteiger partial charge in [-0.3, -0.25) is 4.79 Å². The Bertz CT molecular complexity index is 417. The van der Waals surface area contributed by atoms with E-state index in [0.717, 1.165) is 0 Å². The van der Waals surface area contributed by atoms with Gasteiger partial charge >= 0.3 is 5.97 Å². The summed E-state index contributed by atoms with van der Waals surface area (Å²) in [7, 11) is 6.75. The van der Waals surface area contributed by atoms with Gasteiger partial charge in [0.05, 0.1) is 20.1 Å². The molecule has 0 spiro atoms. The third-order valence-electron chi connectivity index (χ3n) is 2.66. The van der Waals surface area contributed by atoms with Crippen molar-refractivity contribution in [3.63, 3.8) is 0 Å². The number of nitrogens with zero attached hydrogens (tertiary/aromatic N) is 1. The Balaban J connectivity index is 3.19. The lowest BCUT2D eigenvalue weighted by Gasteiger charge is -2.20. The van der Waals surface area contributed by atoms with Crippen molar-refractivity contribution in [2.24, 2.45) is 0 Å². The number of carbonyl (C=O) groups is 1. The maximum Gasteiger partial charge on any atom is 0.312 e. The zero-order chi connectivity index (χ0) is 13.7. The van der Waals surface area contributed by atoms with Gasteiger partial charge in [-0.05, 0) is 32.3 Å². The fourth-order valence-electron chi connectivity index (χ4n) is 1.79. The number of rotatable bonds is 6. The molecule has 0 heterocycles. The van der Waals surface area contributed by atoms with E-state index < -0.39 is 11.9 Å². The molecule has 0 radical (unpaired) electrons. The molecule has 5 nitrogen and oxygen atoms in total. The first-order chi connectivity index (χ1) is 8.49. The second kappa shape index (κ2) is 6.26. The summed E-state index contributed by atoms with van der Waals surface area (Å²) in [5, 5.41) is 9.34. The molecule has 0 amide bonds. The predicted molar refractivity (Wildman–Crippen MR) is 68.5 cm³/mol. The van der Waals surface area contributed by atoms with E-state index in [-0.39, 0.29) is 0 Å². The Morgan fingerprint density at radius 3 is 2.44 bits per heavy atom. The summed E-state index contributed by atoms with van der Waals surface area (Å²) in [6.45, 7) is 0.402. The van der Waals surface area contributed by atoms with Crippen molar-refractivity contribution in [1.29, 1.82) is 0 Å². The van der Waals surface area contributed by atoms with Gasteiger partial charge in [-0.25, -0.2) is 0 Å². The van der Waals surface area contributed by atoms with Crippen LogP contribution in [0.4, 0.5) is 0 Å². The third kappa shape index (κ3) is 3.37. The van der Waals surface area contributed by atoms with Gasteiger partial charge in [-0.2, -0.15) is 0 Å². The molecule has 1 unspecified atom stereocenters. The van der Waals surface area contributed by atoms with E-state index in [4.69, 9.17) is 9.47 Å². The summed E-state index contributed by atoms with van der Waals surface area (Å²) in [5.74, 6) is -0.346. The van der Waals surface area contributed by atoms with Gasteiger partial charge in [-0.15, -0.1) is 0 Å². The van der Waals surface area contributed by atoms with Gasteiger partial charge in [-0.1, -0.05) is 0 Å². The quantitative estimate of drug-likeness (QED) is 0.831. The number of aliphatic carboxylic acids is 1. The molecule has 1 aromatic carbocycles. The van der Waals surface area contributed by atoms with Crippen LogP contribution in [0.25, 0.3) is 0 Å². The Hall–Kier alpha value is -1.75. The second-order valence-electron chi connectivity index (χ2n) is 4.26. The summed E-state index contributed by atoms with van der Waals surface area (Å²) in [4.78, 5) is 13.2. The van der Waals surface area contributed by atoms with Gasteiger partial charge in [0, 0.05) is 12.1 Å². The fourth-order valence-corrected chi connectivity index (χ4v) is 1.79. The summed E-state index contributed by atoms with van der Waals surface area (Å²) in [6, 6.07) is 5.18. The van der Waals surface area contributed by atoms with E-state index in [1.54, 1.807) is 25.3 Å². The molecule has 0 fully saturated rings. The molecule has 1 N–H and O–H groups in total. The normalized spacial score (nSPS) is 12.3. The molecule has 0 aliphatic carbocycles. The smallest absolute Gasteiger partial charge is 0.312 e. The maximum absolute atomic E-state index is 11.4. The van der Waals surface area contributed by atoms with Crippen LogP contribution >= 0.6 is 0 Å². The molecule has 1 aromatic rings. The molecule has 0 aliphatic rings. The molecule has 1 atom stereocenters. The number of benzene rings is 1. The second-order valence-corrected chi connectivity index (χ2v) is 4.26. The number of carboxylic acids is 1. The van der Waals surface area contributed by atoms with Crippen LogP contribution in [0.1, 0.15) is 11.5 Å². The van der Waals surface area contributed by atoms with Crippen LogP contribution in [0, 0.1) is 0 Å². The van der Waals surface area contributed by atoms with Crippen LogP contribution in [0.2, 0.25) is 0 Å². The zero-order valence-electron chi connectivity index (χ0n) is 11.1. The van der Waals surface area contributed by atoms with Crippen LogP contribution in [-0.2, 0) is 4.79 Å². The minimum Gasteiger partial charge on any atom is -0.497 e. The highest BCUT2D eigenvalue weighted by Gasteiger charge is 2.24. The van der Waals surface area contributed by atoms with E-state index in [2.05, 4.69) is 0 Å². The lowest BCUT2D eigenvalue weighted by atomic mass is 9.97. The van der Waals surface area contributed by atoms with E-state index >= 15 is 0 Å². The van der Waals surface area contributed by atoms with E-state index in [1.165, 1.54) is 7.11 Å². The average molecular weight is 253 g/mol. The molecule has 0 saturated carbocycles. The SMILES string of the molecule is COc1ccc(OC)c(C(CN(C)C)C(=O)O)c1. The average Bonchev–Trinajstić information content (AvgIpc) is 2.34. The standard InChI is InChI=1S/C13H19NO4/c1-14(2)8-11(13(15)16)10-7-9(17-3)5-6-12(10)18-4/h5-7,11H,8H2,1-4H3,(H,15,16). The molecule has 0 bridgehead atoms. The van der Waals surface area contributed by atoms with Crippen molar-refractivity contribution in [2.45, 2.75) is 5.92 Å². The lowest BCUT2D eigenvalue weighted by Crippen LogP contribution is -2.26. The molecule has 0 aromatic heterocycles. The molecule has 0 aliphatic heterocycles. The molecule has 5 heteroatoms. The van der Waals surface area contributed by atoms with Crippen LogP contribution < -0.4 is 9.47 Å². The zero-order valence-corrected chi connectivity index (χ0v) is 11.1. The van der Waals surface area contributed by atoms with Gasteiger partial charge < -0.3 is 19.5 Å². The first-order valence-corrected chi connectivity index (χ1v) is 5.59. The highest BCUT2D eigenvalue weighted by atomic mass is 16.5. The Morgan fingerprint density at radius 2 is 2.00 bits per heavy atom. The summed E-state index contributed by atoms with van der Waals surface area (Å²) < 4.78 is 10.3. The van der Waals surface area contributed by atoms with E-state index in [1.807, 2.05) is 19.0 Å². The van der Waals surface area contributed by atoms with Gasteiger partial charge in [0.25, 0.3) is 0 Å². The maximum atomic E-state index is 11.4. The van der Waals surface area contributed by atoms with E-state index in [9.17, 15) is 9.90 Å². The summed E-state index contributed by atoms with van der Waals surface area (Å²) in [5.41, 5.74) is 0.623. The molecular formula is C13H19NO4. The van der Waals surface area contributed by atoms with Crippen molar-refractivity contribution in [2.75, 3.05) is 34.9 Å². The Labute approximate surface area is 107 Å². The number of ether oxygens (including phenoxy) is 2. The summed E-state index contributed by atoms with van der Waals surface area (Å²) >= 11 is 0. The molecule has 100 valence electrons. The topological polar surface area (TPSA) is 59.0 Å². The molecule has 0 saturated heterocycles. The highest BCUT2D eigenvalue weighted by molar-refractivity contribution is 5.77. The number of hydrogen-bond acceptors (Lipinski definition) is 4. The van der Waals surface area contributed by atoms with Crippen molar-refractivity contribution in [3.8, 4) is 11.5 Å². The largest absolute Gasteiger partial charge is 0.497 e. The van der Waals surface area contributed by atoms with Gasteiger partial charge in [0.2, 0.25) is 0 Å². The number of methoxy groups -OCH3 is 2. The van der Waals surface area contributed by atoms with Crippen LogP contribution in [0.15, 0.2) is 18.2 Å². The van der Waals surface area contributed by atoms with Crippen LogP contribution in [-0.4, -0.2) is 50.8 Å². The Kier molecular flexibility index (Phi) is 4.97. The van der Waals surface area contributed by atoms with Crippen LogP contribution in [0.3, 0.4) is 0 Å². The van der Waals surface area contributed by atoms with E-state index in [0.29, 0.717) is 23.6 Å².